The molecular weight excluding hydrogens is 242 g/mol. The minimum Gasteiger partial charge on any atom is -0.496 e. The molecule has 0 fully saturated rings. The van der Waals surface area contributed by atoms with E-state index in [0.29, 0.717) is 11.3 Å². The minimum absolute atomic E-state index is 0.378. The van der Waals surface area contributed by atoms with Gasteiger partial charge in [-0.2, -0.15) is 11.8 Å². The van der Waals surface area contributed by atoms with Crippen LogP contribution in [0.1, 0.15) is 44.4 Å². The van der Waals surface area contributed by atoms with Crippen LogP contribution in [-0.2, 0) is 5.75 Å². The molecule has 0 aliphatic heterocycles. The van der Waals surface area contributed by atoms with Crippen molar-refractivity contribution in [3.63, 3.8) is 0 Å². The Morgan fingerprint density at radius 3 is 2.61 bits per heavy atom. The molecule has 0 aliphatic rings. The Morgan fingerprint density at radius 1 is 1.33 bits per heavy atom. The number of hydrogen-bond acceptors (Lipinski definition) is 3. The first-order valence-corrected chi connectivity index (χ1v) is 7.62. The lowest BCUT2D eigenvalue weighted by atomic mass is 10.1. The van der Waals surface area contributed by atoms with E-state index < -0.39 is 0 Å². The molecule has 1 aromatic rings. The van der Waals surface area contributed by atoms with Crippen LogP contribution in [0, 0.1) is 0 Å². The molecule has 0 saturated heterocycles. The third-order valence-corrected chi connectivity index (χ3v) is 4.72. The Balaban J connectivity index is 2.85. The Kier molecular flexibility index (Phi) is 6.58. The van der Waals surface area contributed by atoms with E-state index in [-0.39, 0.29) is 0 Å². The molecule has 0 aliphatic carbocycles. The highest BCUT2D eigenvalue weighted by Crippen LogP contribution is 2.29. The molecule has 0 heterocycles. The summed E-state index contributed by atoms with van der Waals surface area (Å²) in [5.41, 5.74) is 2.61. The number of rotatable bonds is 7. The van der Waals surface area contributed by atoms with E-state index in [4.69, 9.17) is 4.74 Å². The highest BCUT2D eigenvalue weighted by molar-refractivity contribution is 7.99. The molecule has 2 atom stereocenters. The topological polar surface area (TPSA) is 21.3 Å². The zero-order valence-electron chi connectivity index (χ0n) is 12.1. The van der Waals surface area contributed by atoms with Gasteiger partial charge < -0.3 is 10.1 Å². The van der Waals surface area contributed by atoms with Gasteiger partial charge >= 0.3 is 0 Å². The van der Waals surface area contributed by atoms with Gasteiger partial charge in [0.2, 0.25) is 0 Å². The van der Waals surface area contributed by atoms with Gasteiger partial charge in [0.25, 0.3) is 0 Å². The maximum Gasteiger partial charge on any atom is 0.122 e. The Hall–Kier alpha value is -0.670. The summed E-state index contributed by atoms with van der Waals surface area (Å²) in [5.74, 6) is 2.01. The molecule has 0 bridgehead atoms. The second-order valence-corrected chi connectivity index (χ2v) is 6.04. The summed E-state index contributed by atoms with van der Waals surface area (Å²) >= 11 is 1.99. The standard InChI is InChI=1S/C15H25NOS/c1-6-11(2)18-10-14-9-13(12(3)16-4)7-8-15(14)17-5/h7-9,11-12,16H,6,10H2,1-5H3. The van der Waals surface area contributed by atoms with Gasteiger partial charge in [-0.05, 0) is 38.1 Å². The van der Waals surface area contributed by atoms with Crippen LogP contribution in [0.5, 0.6) is 5.75 Å². The number of ether oxygens (including phenoxy) is 1. The monoisotopic (exact) mass is 267 g/mol. The average molecular weight is 267 g/mol. The average Bonchev–Trinajstić information content (AvgIpc) is 2.43. The SMILES string of the molecule is CCC(C)SCc1cc(C(C)NC)ccc1OC. The van der Waals surface area contributed by atoms with Gasteiger partial charge in [-0.25, -0.2) is 0 Å². The van der Waals surface area contributed by atoms with E-state index in [9.17, 15) is 0 Å². The van der Waals surface area contributed by atoms with Crippen molar-refractivity contribution in [1.82, 2.24) is 5.32 Å². The van der Waals surface area contributed by atoms with Crippen LogP contribution in [0.4, 0.5) is 0 Å². The predicted octanol–water partition coefficient (Wildman–Crippen LogP) is 4.01. The van der Waals surface area contributed by atoms with Gasteiger partial charge in [0, 0.05) is 22.6 Å². The Labute approximate surface area is 116 Å². The number of hydrogen-bond donors (Lipinski definition) is 1. The third kappa shape index (κ3) is 4.21. The molecule has 0 aromatic heterocycles. The van der Waals surface area contributed by atoms with Crippen LogP contribution in [-0.4, -0.2) is 19.4 Å². The maximum absolute atomic E-state index is 5.45. The number of nitrogens with one attached hydrogen (secondary N) is 1. The third-order valence-electron chi connectivity index (χ3n) is 3.34. The van der Waals surface area contributed by atoms with E-state index in [2.05, 4.69) is 44.3 Å². The zero-order valence-corrected chi connectivity index (χ0v) is 12.9. The summed E-state index contributed by atoms with van der Waals surface area (Å²) in [6.45, 7) is 6.68. The Bertz CT molecular complexity index is 368. The van der Waals surface area contributed by atoms with E-state index in [1.54, 1.807) is 7.11 Å². The molecule has 1 aromatic carbocycles. The molecule has 102 valence electrons. The van der Waals surface area contributed by atoms with Crippen molar-refractivity contribution in [3.8, 4) is 5.75 Å². The lowest BCUT2D eigenvalue weighted by molar-refractivity contribution is 0.411. The lowest BCUT2D eigenvalue weighted by Crippen LogP contribution is -2.12. The molecule has 3 heteroatoms. The molecule has 18 heavy (non-hydrogen) atoms. The summed E-state index contributed by atoms with van der Waals surface area (Å²) in [4.78, 5) is 0. The van der Waals surface area contributed by atoms with E-state index in [1.807, 2.05) is 18.8 Å². The van der Waals surface area contributed by atoms with Gasteiger partial charge in [-0.15, -0.1) is 0 Å². The van der Waals surface area contributed by atoms with Crippen molar-refractivity contribution in [2.75, 3.05) is 14.2 Å². The molecular formula is C15H25NOS. The van der Waals surface area contributed by atoms with Crippen LogP contribution in [0.25, 0.3) is 0 Å². The highest BCUT2D eigenvalue weighted by Gasteiger charge is 2.09. The zero-order chi connectivity index (χ0) is 13.5. The van der Waals surface area contributed by atoms with E-state index in [0.717, 1.165) is 11.5 Å². The normalized spacial score (nSPS) is 14.3. The largest absolute Gasteiger partial charge is 0.496 e. The van der Waals surface area contributed by atoms with Gasteiger partial charge in [0.1, 0.15) is 5.75 Å². The van der Waals surface area contributed by atoms with Crippen LogP contribution >= 0.6 is 11.8 Å². The van der Waals surface area contributed by atoms with Gasteiger partial charge in [0.15, 0.2) is 0 Å². The molecule has 0 radical (unpaired) electrons. The van der Waals surface area contributed by atoms with Crippen molar-refractivity contribution in [2.24, 2.45) is 0 Å². The molecule has 1 rings (SSSR count). The fourth-order valence-electron chi connectivity index (χ4n) is 1.70. The quantitative estimate of drug-likeness (QED) is 0.806. The number of thioether (sulfide) groups is 1. The first-order chi connectivity index (χ1) is 8.62. The van der Waals surface area contributed by atoms with Crippen LogP contribution in [0.3, 0.4) is 0 Å². The fourth-order valence-corrected chi connectivity index (χ4v) is 2.62. The van der Waals surface area contributed by atoms with Crippen molar-refractivity contribution in [2.45, 2.75) is 44.2 Å². The smallest absolute Gasteiger partial charge is 0.122 e. The van der Waals surface area contributed by atoms with Crippen molar-refractivity contribution in [1.29, 1.82) is 0 Å². The first kappa shape index (κ1) is 15.4. The molecule has 0 amide bonds. The fraction of sp³-hybridized carbons (Fsp3) is 0.600. The van der Waals surface area contributed by atoms with Crippen molar-refractivity contribution < 1.29 is 4.74 Å². The number of methoxy groups -OCH3 is 1. The maximum atomic E-state index is 5.45. The van der Waals surface area contributed by atoms with Gasteiger partial charge in [-0.1, -0.05) is 19.9 Å². The van der Waals surface area contributed by atoms with Crippen molar-refractivity contribution in [3.05, 3.63) is 29.3 Å². The van der Waals surface area contributed by atoms with E-state index >= 15 is 0 Å². The van der Waals surface area contributed by atoms with Crippen LogP contribution < -0.4 is 10.1 Å². The van der Waals surface area contributed by atoms with Gasteiger partial charge in [-0.3, -0.25) is 0 Å². The van der Waals surface area contributed by atoms with Crippen LogP contribution in [0.2, 0.25) is 0 Å². The molecule has 2 nitrogen and oxygen atoms in total. The first-order valence-electron chi connectivity index (χ1n) is 6.58. The Morgan fingerprint density at radius 2 is 2.06 bits per heavy atom. The number of benzene rings is 1. The second-order valence-electron chi connectivity index (χ2n) is 4.61. The molecule has 2 unspecified atom stereocenters. The second kappa shape index (κ2) is 7.70. The summed E-state index contributed by atoms with van der Waals surface area (Å²) in [6.07, 6.45) is 1.21. The molecule has 1 N–H and O–H groups in total. The summed E-state index contributed by atoms with van der Waals surface area (Å²) in [5, 5.41) is 3.97. The van der Waals surface area contributed by atoms with Crippen molar-refractivity contribution >= 4 is 11.8 Å². The summed E-state index contributed by atoms with van der Waals surface area (Å²) in [6, 6.07) is 6.85. The molecule has 0 spiro atoms. The lowest BCUT2D eigenvalue weighted by Gasteiger charge is -2.16. The van der Waals surface area contributed by atoms with Crippen LogP contribution in [0.15, 0.2) is 18.2 Å². The highest BCUT2D eigenvalue weighted by atomic mass is 32.2. The summed E-state index contributed by atoms with van der Waals surface area (Å²) < 4.78 is 5.45. The van der Waals surface area contributed by atoms with Gasteiger partial charge in [0.05, 0.1) is 7.11 Å². The van der Waals surface area contributed by atoms with E-state index in [1.165, 1.54) is 17.5 Å². The minimum atomic E-state index is 0.378. The predicted molar refractivity (Wildman–Crippen MR) is 81.5 cm³/mol. The summed E-state index contributed by atoms with van der Waals surface area (Å²) in [7, 11) is 3.73. The molecule has 0 saturated carbocycles.